The first-order valence-corrected chi connectivity index (χ1v) is 8.92. The molecule has 0 aromatic carbocycles. The number of hydrogen-bond donors (Lipinski definition) is 6. The van der Waals surface area contributed by atoms with Crippen LogP contribution in [-0.4, -0.2) is 83.3 Å². The minimum atomic E-state index is -1.34. The van der Waals surface area contributed by atoms with E-state index in [-0.39, 0.29) is 12.5 Å². The standard InChI is InChI=1S/C15H28N2O7S/c1-9(19)17-12-14(22)13(21)10(8-18)24-15(12)23-6-3-5-16-11(20)4-2-7-25/h10,12-15,18,21-22,25H,2-8H2,1H3,(H,16,20)(H,17,19)/t10-,12-,13-,14-,15?/m1/s1. The van der Waals surface area contributed by atoms with Crippen LogP contribution in [0.3, 0.4) is 0 Å². The van der Waals surface area contributed by atoms with Crippen molar-refractivity contribution >= 4 is 24.4 Å². The maximum atomic E-state index is 11.5. The second kappa shape index (κ2) is 11.7. The number of carbonyl (C=O) groups is 2. The molecule has 0 aromatic heterocycles. The fourth-order valence-corrected chi connectivity index (χ4v) is 2.60. The Bertz CT molecular complexity index is 427. The molecule has 2 amide bonds. The van der Waals surface area contributed by atoms with Gasteiger partial charge in [0.2, 0.25) is 11.8 Å². The Balaban J connectivity index is 2.44. The van der Waals surface area contributed by atoms with Gasteiger partial charge in [-0.2, -0.15) is 12.6 Å². The molecule has 0 saturated carbocycles. The van der Waals surface area contributed by atoms with Crippen LogP contribution < -0.4 is 10.6 Å². The van der Waals surface area contributed by atoms with Crippen molar-refractivity contribution in [2.75, 3.05) is 25.5 Å². The molecule has 9 nitrogen and oxygen atoms in total. The van der Waals surface area contributed by atoms with Gasteiger partial charge in [0.25, 0.3) is 0 Å². The van der Waals surface area contributed by atoms with Crippen LogP contribution in [-0.2, 0) is 19.1 Å². The third kappa shape index (κ3) is 7.47. The average molecular weight is 380 g/mol. The molecule has 0 radical (unpaired) electrons. The molecular weight excluding hydrogens is 352 g/mol. The lowest BCUT2D eigenvalue weighted by Crippen LogP contribution is -2.64. The minimum Gasteiger partial charge on any atom is -0.394 e. The largest absolute Gasteiger partial charge is 0.394 e. The Morgan fingerprint density at radius 3 is 2.56 bits per heavy atom. The van der Waals surface area contributed by atoms with Gasteiger partial charge in [-0.1, -0.05) is 0 Å². The second-order valence-corrected chi connectivity index (χ2v) is 6.28. The zero-order chi connectivity index (χ0) is 18.8. The molecule has 1 saturated heterocycles. The Hall–Kier alpha value is -0.910. The molecule has 10 heteroatoms. The van der Waals surface area contributed by atoms with E-state index in [1.54, 1.807) is 0 Å². The minimum absolute atomic E-state index is 0.0574. The summed E-state index contributed by atoms with van der Waals surface area (Å²) in [6, 6.07) is -0.958. The van der Waals surface area contributed by atoms with E-state index >= 15 is 0 Å². The number of nitrogens with one attached hydrogen (secondary N) is 2. The number of aliphatic hydroxyl groups is 3. The predicted molar refractivity (Wildman–Crippen MR) is 92.0 cm³/mol. The second-order valence-electron chi connectivity index (χ2n) is 5.83. The SMILES string of the molecule is CC(=O)N[C@H]1C(OCCCNC(=O)CCCS)O[C@H](CO)[C@@H](O)[C@@H]1O. The van der Waals surface area contributed by atoms with Gasteiger partial charge in [-0.15, -0.1) is 0 Å². The number of thiol groups is 1. The summed E-state index contributed by atoms with van der Waals surface area (Å²) >= 11 is 4.04. The van der Waals surface area contributed by atoms with Gasteiger partial charge in [-0.05, 0) is 18.6 Å². The van der Waals surface area contributed by atoms with E-state index in [2.05, 4.69) is 23.3 Å². The zero-order valence-corrected chi connectivity index (χ0v) is 15.2. The summed E-state index contributed by atoms with van der Waals surface area (Å²) in [5.41, 5.74) is 0. The first-order chi connectivity index (χ1) is 11.9. The molecule has 1 heterocycles. The summed E-state index contributed by atoms with van der Waals surface area (Å²) in [6.45, 7) is 1.40. The van der Waals surface area contributed by atoms with Gasteiger partial charge in [0, 0.05) is 19.9 Å². The number of aliphatic hydroxyl groups excluding tert-OH is 3. The predicted octanol–water partition coefficient (Wildman–Crippen LogP) is -1.84. The zero-order valence-electron chi connectivity index (χ0n) is 14.3. The number of amides is 2. The maximum absolute atomic E-state index is 11.5. The van der Waals surface area contributed by atoms with Crippen LogP contribution in [0.4, 0.5) is 0 Å². The van der Waals surface area contributed by atoms with E-state index < -0.39 is 43.2 Å². The molecular formula is C15H28N2O7S. The smallest absolute Gasteiger partial charge is 0.220 e. The Kier molecular flexibility index (Phi) is 10.3. The molecule has 1 fully saturated rings. The van der Waals surface area contributed by atoms with Gasteiger partial charge in [-0.3, -0.25) is 9.59 Å². The summed E-state index contributed by atoms with van der Waals surface area (Å²) in [4.78, 5) is 22.7. The van der Waals surface area contributed by atoms with Crippen LogP contribution in [0, 0.1) is 0 Å². The molecule has 0 bridgehead atoms. The molecule has 1 aliphatic rings. The summed E-state index contributed by atoms with van der Waals surface area (Å²) in [7, 11) is 0. The highest BCUT2D eigenvalue weighted by Crippen LogP contribution is 2.22. The van der Waals surface area contributed by atoms with Crippen LogP contribution in [0.2, 0.25) is 0 Å². The number of rotatable bonds is 10. The number of ether oxygens (including phenoxy) is 2. The molecule has 5 N–H and O–H groups in total. The Morgan fingerprint density at radius 2 is 1.96 bits per heavy atom. The van der Waals surface area contributed by atoms with Crippen LogP contribution in [0.15, 0.2) is 0 Å². The summed E-state index contributed by atoms with van der Waals surface area (Å²) < 4.78 is 10.9. The molecule has 0 spiro atoms. The monoisotopic (exact) mass is 380 g/mol. The van der Waals surface area contributed by atoms with Crippen molar-refractivity contribution in [2.24, 2.45) is 0 Å². The van der Waals surface area contributed by atoms with Crippen molar-refractivity contribution in [1.82, 2.24) is 10.6 Å². The third-order valence-corrected chi connectivity index (χ3v) is 4.05. The van der Waals surface area contributed by atoms with Crippen LogP contribution in [0.1, 0.15) is 26.2 Å². The highest BCUT2D eigenvalue weighted by atomic mass is 32.1. The fourth-order valence-electron chi connectivity index (χ4n) is 2.44. The van der Waals surface area contributed by atoms with Gasteiger partial charge in [0.15, 0.2) is 6.29 Å². The lowest BCUT2D eigenvalue weighted by molar-refractivity contribution is -0.270. The van der Waals surface area contributed by atoms with E-state index in [0.29, 0.717) is 31.6 Å². The van der Waals surface area contributed by atoms with E-state index in [0.717, 1.165) is 0 Å². The van der Waals surface area contributed by atoms with Crippen molar-refractivity contribution in [1.29, 1.82) is 0 Å². The lowest BCUT2D eigenvalue weighted by Gasteiger charge is -2.42. The topological polar surface area (TPSA) is 137 Å². The molecule has 1 aliphatic heterocycles. The molecule has 1 rings (SSSR count). The molecule has 5 atom stereocenters. The van der Waals surface area contributed by atoms with Gasteiger partial charge >= 0.3 is 0 Å². The first-order valence-electron chi connectivity index (χ1n) is 8.29. The van der Waals surface area contributed by atoms with Gasteiger partial charge in [-0.25, -0.2) is 0 Å². The quantitative estimate of drug-likeness (QED) is 0.194. The molecule has 1 unspecified atom stereocenters. The van der Waals surface area contributed by atoms with Crippen molar-refractivity contribution < 1.29 is 34.4 Å². The van der Waals surface area contributed by atoms with E-state index in [1.165, 1.54) is 6.92 Å². The van der Waals surface area contributed by atoms with E-state index in [1.807, 2.05) is 0 Å². The van der Waals surface area contributed by atoms with E-state index in [4.69, 9.17) is 9.47 Å². The van der Waals surface area contributed by atoms with Crippen LogP contribution >= 0.6 is 12.6 Å². The van der Waals surface area contributed by atoms with Crippen LogP contribution in [0.25, 0.3) is 0 Å². The van der Waals surface area contributed by atoms with Crippen LogP contribution in [0.5, 0.6) is 0 Å². The summed E-state index contributed by atoms with van der Waals surface area (Å²) in [5.74, 6) is 0.186. The maximum Gasteiger partial charge on any atom is 0.220 e. The molecule has 0 aliphatic carbocycles. The molecule has 25 heavy (non-hydrogen) atoms. The highest BCUT2D eigenvalue weighted by Gasteiger charge is 2.45. The Labute approximate surface area is 152 Å². The van der Waals surface area contributed by atoms with Gasteiger partial charge < -0.3 is 35.4 Å². The lowest BCUT2D eigenvalue weighted by atomic mass is 9.97. The van der Waals surface area contributed by atoms with Gasteiger partial charge in [0.1, 0.15) is 24.4 Å². The van der Waals surface area contributed by atoms with Gasteiger partial charge in [0.05, 0.1) is 13.2 Å². The summed E-state index contributed by atoms with van der Waals surface area (Å²) in [5, 5.41) is 34.4. The Morgan fingerprint density at radius 1 is 1.24 bits per heavy atom. The number of hydrogen-bond acceptors (Lipinski definition) is 8. The molecule has 146 valence electrons. The summed E-state index contributed by atoms with van der Waals surface area (Å²) in [6.07, 6.45) is -3.06. The van der Waals surface area contributed by atoms with E-state index in [9.17, 15) is 24.9 Å². The third-order valence-electron chi connectivity index (χ3n) is 3.74. The first kappa shape index (κ1) is 22.1. The molecule has 0 aromatic rings. The van der Waals surface area contributed by atoms with Crippen molar-refractivity contribution in [2.45, 2.75) is 56.8 Å². The van der Waals surface area contributed by atoms with Crippen molar-refractivity contribution in [3.63, 3.8) is 0 Å². The van der Waals surface area contributed by atoms with Crippen molar-refractivity contribution in [3.05, 3.63) is 0 Å². The average Bonchev–Trinajstić information content (AvgIpc) is 2.58. The fraction of sp³-hybridized carbons (Fsp3) is 0.867. The normalized spacial score (nSPS) is 29.2. The number of carbonyl (C=O) groups excluding carboxylic acids is 2. The van der Waals surface area contributed by atoms with Crippen molar-refractivity contribution in [3.8, 4) is 0 Å². The highest BCUT2D eigenvalue weighted by molar-refractivity contribution is 7.80.